The number of nitrogens with one attached hydrogen (secondary N) is 2. The molecule has 3 atom stereocenters. The predicted molar refractivity (Wildman–Crippen MR) is 91.3 cm³/mol. The van der Waals surface area contributed by atoms with Crippen molar-refractivity contribution in [3.8, 4) is 0 Å². The molecule has 0 saturated heterocycles. The molecular weight excluding hydrogens is 288 g/mol. The monoisotopic (exact) mass is 314 g/mol. The zero-order valence-corrected chi connectivity index (χ0v) is 13.8. The van der Waals surface area contributed by atoms with E-state index in [1.807, 2.05) is 0 Å². The second-order valence-corrected chi connectivity index (χ2v) is 7.05. The highest BCUT2D eigenvalue weighted by molar-refractivity contribution is 5.95. The van der Waals surface area contributed by atoms with Gasteiger partial charge < -0.3 is 10.6 Å². The number of anilines is 1. The largest absolute Gasteiger partial charge is 0.349 e. The summed E-state index contributed by atoms with van der Waals surface area (Å²) >= 11 is 0. The van der Waals surface area contributed by atoms with Crippen molar-refractivity contribution in [1.82, 2.24) is 5.32 Å². The average molecular weight is 314 g/mol. The van der Waals surface area contributed by atoms with Crippen molar-refractivity contribution in [2.24, 2.45) is 11.8 Å². The van der Waals surface area contributed by atoms with Crippen molar-refractivity contribution in [3.05, 3.63) is 29.8 Å². The van der Waals surface area contributed by atoms with Gasteiger partial charge in [0.05, 0.1) is 0 Å². The second-order valence-electron chi connectivity index (χ2n) is 7.05. The second kappa shape index (κ2) is 7.16. The molecule has 2 aliphatic rings. The van der Waals surface area contributed by atoms with E-state index in [1.165, 1.54) is 39.0 Å². The van der Waals surface area contributed by atoms with Gasteiger partial charge in [0.2, 0.25) is 5.91 Å². The van der Waals surface area contributed by atoms with Crippen molar-refractivity contribution in [2.45, 2.75) is 57.9 Å². The Morgan fingerprint density at radius 1 is 0.957 bits per heavy atom. The number of rotatable bonds is 3. The van der Waals surface area contributed by atoms with E-state index in [2.05, 4.69) is 10.6 Å². The summed E-state index contributed by atoms with van der Waals surface area (Å²) in [5.74, 6) is 1.60. The van der Waals surface area contributed by atoms with Crippen molar-refractivity contribution >= 4 is 17.5 Å². The summed E-state index contributed by atoms with van der Waals surface area (Å²) in [6, 6.07) is 7.40. The molecule has 2 aliphatic carbocycles. The number of hydrogen-bond acceptors (Lipinski definition) is 2. The van der Waals surface area contributed by atoms with Gasteiger partial charge in [-0.25, -0.2) is 0 Å². The molecule has 0 aromatic heterocycles. The fraction of sp³-hybridized carbons (Fsp3) is 0.579. The Bertz CT molecular complexity index is 567. The quantitative estimate of drug-likeness (QED) is 0.893. The molecule has 3 rings (SSSR count). The van der Waals surface area contributed by atoms with Gasteiger partial charge in [-0.15, -0.1) is 0 Å². The summed E-state index contributed by atoms with van der Waals surface area (Å²) in [5.41, 5.74) is 1.38. The maximum Gasteiger partial charge on any atom is 0.251 e. The van der Waals surface area contributed by atoms with Gasteiger partial charge >= 0.3 is 0 Å². The van der Waals surface area contributed by atoms with Crippen LogP contribution in [-0.2, 0) is 4.79 Å². The van der Waals surface area contributed by atoms with E-state index in [0.29, 0.717) is 11.6 Å². The van der Waals surface area contributed by atoms with Gasteiger partial charge in [0.1, 0.15) is 0 Å². The van der Waals surface area contributed by atoms with Crippen molar-refractivity contribution < 1.29 is 9.59 Å². The lowest BCUT2D eigenvalue weighted by molar-refractivity contribution is -0.114. The summed E-state index contributed by atoms with van der Waals surface area (Å²) in [7, 11) is 0. The van der Waals surface area contributed by atoms with Gasteiger partial charge in [-0.3, -0.25) is 9.59 Å². The third kappa shape index (κ3) is 4.12. The first-order chi connectivity index (χ1) is 11.1. The zero-order valence-electron chi connectivity index (χ0n) is 13.8. The Hall–Kier alpha value is -1.84. The molecule has 2 saturated carbocycles. The minimum Gasteiger partial charge on any atom is -0.349 e. The molecule has 3 unspecified atom stereocenters. The van der Waals surface area contributed by atoms with Crippen LogP contribution in [0.15, 0.2) is 24.3 Å². The van der Waals surface area contributed by atoms with Crippen LogP contribution in [0.4, 0.5) is 5.69 Å². The standard InChI is InChI=1S/C19H26N2O2/c1-13(22)20-17-9-7-15(8-10-17)19(23)21-18-11-6-14-4-2-3-5-16(14)12-18/h7-10,14,16,18H,2-6,11-12H2,1H3,(H,20,22)(H,21,23). The van der Waals surface area contributed by atoms with Crippen LogP contribution < -0.4 is 10.6 Å². The number of amides is 2. The van der Waals surface area contributed by atoms with E-state index in [4.69, 9.17) is 0 Å². The number of carbonyl (C=O) groups is 2. The molecule has 1 aromatic carbocycles. The fourth-order valence-corrected chi connectivity index (χ4v) is 4.18. The van der Waals surface area contributed by atoms with Crippen LogP contribution in [0.25, 0.3) is 0 Å². The topological polar surface area (TPSA) is 58.2 Å². The number of carbonyl (C=O) groups excluding carboxylic acids is 2. The third-order valence-corrected chi connectivity index (χ3v) is 5.34. The predicted octanol–water partition coefficient (Wildman–Crippen LogP) is 3.73. The number of hydrogen-bond donors (Lipinski definition) is 2. The normalized spacial score (nSPS) is 26.9. The van der Waals surface area contributed by atoms with Crippen molar-refractivity contribution in [1.29, 1.82) is 0 Å². The number of benzene rings is 1. The van der Waals surface area contributed by atoms with Crippen molar-refractivity contribution in [2.75, 3.05) is 5.32 Å². The summed E-state index contributed by atoms with van der Waals surface area (Å²) in [6.45, 7) is 1.47. The number of fused-ring (bicyclic) bond motifs is 1. The van der Waals surface area contributed by atoms with E-state index in [9.17, 15) is 9.59 Å². The van der Waals surface area contributed by atoms with Gasteiger partial charge in [0.15, 0.2) is 0 Å². The maximum absolute atomic E-state index is 12.4. The van der Waals surface area contributed by atoms with E-state index in [0.717, 1.165) is 30.4 Å². The average Bonchev–Trinajstić information content (AvgIpc) is 2.55. The van der Waals surface area contributed by atoms with Crippen LogP contribution in [0.2, 0.25) is 0 Å². The van der Waals surface area contributed by atoms with Gasteiger partial charge in [0.25, 0.3) is 5.91 Å². The highest BCUT2D eigenvalue weighted by Gasteiger charge is 2.32. The van der Waals surface area contributed by atoms with Gasteiger partial charge in [-0.1, -0.05) is 25.7 Å². The van der Waals surface area contributed by atoms with E-state index >= 15 is 0 Å². The highest BCUT2D eigenvalue weighted by Crippen LogP contribution is 2.40. The van der Waals surface area contributed by atoms with Crippen LogP contribution >= 0.6 is 0 Å². The van der Waals surface area contributed by atoms with Gasteiger partial charge in [-0.05, 0) is 55.4 Å². The summed E-state index contributed by atoms with van der Waals surface area (Å²) < 4.78 is 0. The summed E-state index contributed by atoms with van der Waals surface area (Å²) in [5, 5.41) is 5.91. The molecular formula is C19H26N2O2. The molecule has 0 spiro atoms. The third-order valence-electron chi connectivity index (χ3n) is 5.34. The molecule has 0 radical (unpaired) electrons. The molecule has 2 amide bonds. The van der Waals surface area contributed by atoms with E-state index in [1.54, 1.807) is 24.3 Å². The Morgan fingerprint density at radius 2 is 1.65 bits per heavy atom. The highest BCUT2D eigenvalue weighted by atomic mass is 16.2. The van der Waals surface area contributed by atoms with Crippen LogP contribution in [0.1, 0.15) is 62.2 Å². The summed E-state index contributed by atoms with van der Waals surface area (Å²) in [4.78, 5) is 23.4. The molecule has 124 valence electrons. The van der Waals surface area contributed by atoms with E-state index < -0.39 is 0 Å². The molecule has 2 N–H and O–H groups in total. The first kappa shape index (κ1) is 16.0. The summed E-state index contributed by atoms with van der Waals surface area (Å²) in [6.07, 6.45) is 8.97. The Balaban J connectivity index is 1.55. The van der Waals surface area contributed by atoms with E-state index in [-0.39, 0.29) is 11.8 Å². The van der Waals surface area contributed by atoms with Crippen LogP contribution in [0.5, 0.6) is 0 Å². The van der Waals surface area contributed by atoms with Crippen LogP contribution in [0.3, 0.4) is 0 Å². The molecule has 0 aliphatic heterocycles. The van der Waals surface area contributed by atoms with Gasteiger partial charge in [0, 0.05) is 24.2 Å². The van der Waals surface area contributed by atoms with Crippen LogP contribution in [0, 0.1) is 11.8 Å². The lowest BCUT2D eigenvalue weighted by atomic mass is 9.69. The smallest absolute Gasteiger partial charge is 0.251 e. The molecule has 0 bridgehead atoms. The fourth-order valence-electron chi connectivity index (χ4n) is 4.18. The molecule has 1 aromatic rings. The first-order valence-electron chi connectivity index (χ1n) is 8.80. The van der Waals surface area contributed by atoms with Gasteiger partial charge in [-0.2, -0.15) is 0 Å². The zero-order chi connectivity index (χ0) is 16.2. The molecule has 23 heavy (non-hydrogen) atoms. The minimum absolute atomic E-state index is 0.00126. The molecule has 0 heterocycles. The van der Waals surface area contributed by atoms with Crippen molar-refractivity contribution in [3.63, 3.8) is 0 Å². The lowest BCUT2D eigenvalue weighted by Crippen LogP contribution is -2.41. The molecule has 4 heteroatoms. The Morgan fingerprint density at radius 3 is 2.35 bits per heavy atom. The Labute approximate surface area is 138 Å². The lowest BCUT2D eigenvalue weighted by Gasteiger charge is -2.39. The van der Waals surface area contributed by atoms with Crippen LogP contribution in [-0.4, -0.2) is 17.9 Å². The maximum atomic E-state index is 12.4. The minimum atomic E-state index is -0.105. The SMILES string of the molecule is CC(=O)Nc1ccc(C(=O)NC2CCC3CCCCC3C2)cc1. The first-order valence-corrected chi connectivity index (χ1v) is 8.80. The molecule has 2 fully saturated rings. The Kier molecular flexibility index (Phi) is 4.99. The molecule has 4 nitrogen and oxygen atoms in total.